The molecule has 4 amide bonds. The van der Waals surface area contributed by atoms with Crippen molar-refractivity contribution in [1.82, 2.24) is 10.1 Å². The molecule has 13 rings (SSSR count). The van der Waals surface area contributed by atoms with Gasteiger partial charge in [0.25, 0.3) is 23.6 Å². The second kappa shape index (κ2) is 21.1. The topological polar surface area (TPSA) is 93.2 Å². The van der Waals surface area contributed by atoms with Crippen molar-refractivity contribution in [3.05, 3.63) is 225 Å². The quantitative estimate of drug-likeness (QED) is 0.0586. The molecule has 0 aromatic heterocycles. The van der Waals surface area contributed by atoms with Gasteiger partial charge in [0.2, 0.25) is 0 Å². The summed E-state index contributed by atoms with van der Waals surface area (Å²) in [7, 11) is 0. The van der Waals surface area contributed by atoms with Crippen molar-refractivity contribution in [2.75, 3.05) is 0 Å². The number of carbonyl (C=O) groups excluding carboxylic acids is 4. The average Bonchev–Trinajstić information content (AvgIpc) is 0.671. The fourth-order valence-electron chi connectivity index (χ4n) is 12.8. The third kappa shape index (κ3) is 9.78. The van der Waals surface area contributed by atoms with Crippen LogP contribution >= 0.6 is 31.9 Å². The minimum atomic E-state index is -0.612. The normalized spacial score (nSPS) is 13.9. The van der Waals surface area contributed by atoms with Crippen molar-refractivity contribution < 1.29 is 28.9 Å². The molecular weight excluding hydrogens is 1220 g/mol. The Morgan fingerprint density at radius 3 is 0.693 bits per heavy atom. The predicted octanol–water partition coefficient (Wildman–Crippen LogP) is 20.6. The van der Waals surface area contributed by atoms with Crippen molar-refractivity contribution in [3.63, 3.8) is 0 Å². The molecule has 0 radical (unpaired) electrons. The van der Waals surface area contributed by atoms with E-state index in [1.807, 2.05) is 48.5 Å². The number of alkyl halides is 2. The van der Waals surface area contributed by atoms with Crippen molar-refractivity contribution in [2.45, 2.75) is 115 Å². The molecule has 88 heavy (non-hydrogen) atoms. The number of hydroxylamine groups is 4. The highest BCUT2D eigenvalue weighted by Gasteiger charge is 2.43. The first-order valence-corrected chi connectivity index (χ1v) is 32.2. The van der Waals surface area contributed by atoms with Crippen LogP contribution in [0.25, 0.3) is 87.6 Å². The molecule has 0 N–H and O–H groups in total. The van der Waals surface area contributed by atoms with Gasteiger partial charge in [-0.05, 0) is 170 Å². The molecule has 10 heteroatoms. The molecule has 440 valence electrons. The molecule has 11 aromatic carbocycles. The molecule has 0 spiro atoms. The number of hydrogen-bond acceptors (Lipinski definition) is 6. The summed E-state index contributed by atoms with van der Waals surface area (Å²) in [4.78, 5) is 76.3. The van der Waals surface area contributed by atoms with Crippen molar-refractivity contribution in [1.29, 1.82) is 0 Å². The number of amides is 4. The van der Waals surface area contributed by atoms with E-state index in [-0.39, 0.29) is 21.7 Å². The smallest absolute Gasteiger partial charge is 0.295 e. The molecular formula is C78H68Br2N2O6. The largest absolute Gasteiger partial charge is 0.368 e. The molecule has 0 saturated heterocycles. The Bertz CT molecular complexity index is 4150. The Kier molecular flexibility index (Phi) is 14.1. The van der Waals surface area contributed by atoms with Gasteiger partial charge in [-0.2, -0.15) is 0 Å². The number of nitrogens with zero attached hydrogens (tertiary/aromatic N) is 2. The van der Waals surface area contributed by atoms with Crippen molar-refractivity contribution in [2.24, 2.45) is 0 Å². The molecule has 2 aliphatic rings. The zero-order valence-electron chi connectivity index (χ0n) is 51.7. The highest BCUT2D eigenvalue weighted by Crippen LogP contribution is 2.57. The van der Waals surface area contributed by atoms with E-state index in [9.17, 15) is 0 Å². The van der Waals surface area contributed by atoms with Gasteiger partial charge in [0.05, 0.1) is 22.3 Å². The van der Waals surface area contributed by atoms with Crippen LogP contribution in [0.3, 0.4) is 0 Å². The van der Waals surface area contributed by atoms with Gasteiger partial charge in [-0.1, -0.05) is 246 Å². The van der Waals surface area contributed by atoms with Crippen LogP contribution in [0, 0.1) is 0 Å². The molecule has 0 aliphatic carbocycles. The maximum absolute atomic E-state index is 15.8. The summed E-state index contributed by atoms with van der Waals surface area (Å²) in [5.41, 5.74) is 13.1. The maximum atomic E-state index is 15.8. The van der Waals surface area contributed by atoms with Crippen LogP contribution < -0.4 is 9.68 Å². The molecule has 8 nitrogen and oxygen atoms in total. The van der Waals surface area contributed by atoms with E-state index >= 15 is 19.2 Å². The zero-order chi connectivity index (χ0) is 62.3. The van der Waals surface area contributed by atoms with Crippen LogP contribution in [0.5, 0.6) is 11.5 Å². The number of fused-ring (bicyclic) bond motifs is 2. The van der Waals surface area contributed by atoms with E-state index in [0.29, 0.717) is 66.0 Å². The first-order chi connectivity index (χ1) is 41.7. The second-order valence-corrected chi connectivity index (χ2v) is 28.9. The Morgan fingerprint density at radius 1 is 0.284 bits per heavy atom. The molecule has 0 unspecified atom stereocenters. The standard InChI is InChI=1S/C78H68Br2N2O6/c1-75(2,3)49-25-17-45(18-26-49)55-37-59-63-60(72(84)81(71(59)83)87-53-33-13-43(41-79)14-34-53)39-57(47-21-29-51(30-22-47)77(7,8)9)67-68-58(48-23-31-52(32-24-48)78(10,11)12)40-62-64-61(73(85)82(74(62)86)88-54-35-15-44(42-80)16-36-54)38-56(66(70(64)68)65(55)69(63)67)46-19-27-50(28-20-46)76(4,5)6/h13-40H,41-42H2,1-12H3. The molecule has 11 aromatic rings. The minimum Gasteiger partial charge on any atom is -0.368 e. The van der Waals surface area contributed by atoms with Crippen LogP contribution in [-0.2, 0) is 32.3 Å². The lowest BCUT2D eigenvalue weighted by Crippen LogP contribution is -2.43. The number of rotatable bonds is 10. The van der Waals surface area contributed by atoms with Gasteiger partial charge in [-0.15, -0.1) is 0 Å². The Balaban J connectivity index is 1.27. The lowest BCUT2D eigenvalue weighted by Gasteiger charge is -2.33. The van der Waals surface area contributed by atoms with Crippen LogP contribution in [0.15, 0.2) is 170 Å². The van der Waals surface area contributed by atoms with Crippen LogP contribution in [0.1, 0.15) is 158 Å². The van der Waals surface area contributed by atoms with E-state index in [2.05, 4.69) is 212 Å². The van der Waals surface area contributed by atoms with Gasteiger partial charge >= 0.3 is 0 Å². The first-order valence-electron chi connectivity index (χ1n) is 30.0. The SMILES string of the molecule is CC(C)(C)c1ccc(-c2cc3c4c(cc(-c5ccc(C(C)(C)C)cc5)c5c6c(-c7ccc(C(C)(C)C)cc7)cc7c8c(cc(-c9ccc(C(C)(C)C)cc9)c(c2c45)c86)C(=O)N(Oc2ccc(CBr)cc2)C7=O)C(=O)N(Oc2ccc(CBr)cc2)C3=O)cc1. The van der Waals surface area contributed by atoms with Gasteiger partial charge in [-0.3, -0.25) is 19.2 Å². The number of hydrogen-bond donors (Lipinski definition) is 0. The summed E-state index contributed by atoms with van der Waals surface area (Å²) in [5.74, 6) is -1.79. The van der Waals surface area contributed by atoms with Gasteiger partial charge in [0.1, 0.15) is 0 Å². The summed E-state index contributed by atoms with van der Waals surface area (Å²) >= 11 is 7.10. The van der Waals surface area contributed by atoms with Crippen molar-refractivity contribution >= 4 is 98.6 Å². The van der Waals surface area contributed by atoms with E-state index in [4.69, 9.17) is 9.68 Å². The fourth-order valence-corrected chi connectivity index (χ4v) is 13.5. The molecule has 0 saturated carbocycles. The lowest BCUT2D eigenvalue weighted by atomic mass is 9.74. The Morgan fingerprint density at radius 2 is 0.500 bits per heavy atom. The first kappa shape index (κ1) is 58.6. The highest BCUT2D eigenvalue weighted by atomic mass is 79.9. The number of imide groups is 2. The molecule has 0 bridgehead atoms. The van der Waals surface area contributed by atoms with Gasteiger partial charge in [-0.25, -0.2) is 0 Å². The second-order valence-electron chi connectivity index (χ2n) is 27.7. The third-order valence-electron chi connectivity index (χ3n) is 17.8. The summed E-state index contributed by atoms with van der Waals surface area (Å²) in [6, 6.07) is 56.5. The molecule has 2 heterocycles. The van der Waals surface area contributed by atoms with Crippen LogP contribution in [-0.4, -0.2) is 33.8 Å². The monoisotopic (exact) mass is 1290 g/mol. The summed E-state index contributed by atoms with van der Waals surface area (Å²) in [6.45, 7) is 26.2. The molecule has 0 atom stereocenters. The van der Waals surface area contributed by atoms with E-state index in [1.54, 1.807) is 24.3 Å². The summed E-state index contributed by atoms with van der Waals surface area (Å²) in [5, 5.41) is 8.47. The van der Waals surface area contributed by atoms with Crippen molar-refractivity contribution in [3.8, 4) is 56.0 Å². The van der Waals surface area contributed by atoms with Gasteiger partial charge in [0.15, 0.2) is 11.5 Å². The summed E-state index contributed by atoms with van der Waals surface area (Å²) in [6.07, 6.45) is 0. The molecule has 0 fully saturated rings. The van der Waals surface area contributed by atoms with E-state index < -0.39 is 23.6 Å². The Labute approximate surface area is 531 Å². The third-order valence-corrected chi connectivity index (χ3v) is 19.1. The fraction of sp³-hybridized carbons (Fsp3) is 0.231. The molecule has 2 aliphatic heterocycles. The minimum absolute atomic E-state index is 0.185. The van der Waals surface area contributed by atoms with Gasteiger partial charge < -0.3 is 9.68 Å². The predicted molar refractivity (Wildman–Crippen MR) is 365 cm³/mol. The van der Waals surface area contributed by atoms with Crippen LogP contribution in [0.4, 0.5) is 0 Å². The maximum Gasteiger partial charge on any atom is 0.295 e. The summed E-state index contributed by atoms with van der Waals surface area (Å²) < 4.78 is 0. The van der Waals surface area contributed by atoms with Gasteiger partial charge in [0, 0.05) is 32.2 Å². The number of halogens is 2. The Hall–Kier alpha value is -8.44. The van der Waals surface area contributed by atoms with E-state index in [1.165, 1.54) is 0 Å². The number of carbonyl (C=O) groups is 4. The zero-order valence-corrected chi connectivity index (χ0v) is 54.9. The van der Waals surface area contributed by atoms with E-state index in [0.717, 1.165) is 110 Å². The average molecular weight is 1290 g/mol. The number of benzene rings is 11. The highest BCUT2D eigenvalue weighted by molar-refractivity contribution is 9.08. The van der Waals surface area contributed by atoms with Crippen LogP contribution in [0.2, 0.25) is 0 Å². The lowest BCUT2D eigenvalue weighted by molar-refractivity contribution is -0.0197.